The quantitative estimate of drug-likeness (QED) is 0.351. The van der Waals surface area contributed by atoms with Gasteiger partial charge in [0.2, 0.25) is 5.88 Å². The first-order valence-corrected chi connectivity index (χ1v) is 9.70. The van der Waals surface area contributed by atoms with Gasteiger partial charge in [-0.3, -0.25) is 0 Å². The number of aromatic nitrogens is 2. The first kappa shape index (κ1) is 21.0. The number of hydrogen-bond acceptors (Lipinski definition) is 5. The van der Waals surface area contributed by atoms with Crippen molar-refractivity contribution in [2.24, 2.45) is 0 Å². The van der Waals surface area contributed by atoms with Gasteiger partial charge < -0.3 is 9.47 Å². The Morgan fingerprint density at radius 3 is 2.48 bits per heavy atom. The van der Waals surface area contributed by atoms with E-state index in [-0.39, 0.29) is 0 Å². The molecule has 4 nitrogen and oxygen atoms in total. The molecule has 29 heavy (non-hydrogen) atoms. The molecule has 0 aliphatic carbocycles. The second-order valence-electron chi connectivity index (χ2n) is 6.37. The van der Waals surface area contributed by atoms with E-state index in [4.69, 9.17) is 9.47 Å². The minimum Gasteiger partial charge on any atom is -0.493 e. The van der Waals surface area contributed by atoms with E-state index in [9.17, 15) is 13.2 Å². The lowest BCUT2D eigenvalue weighted by Gasteiger charge is -2.12. The Kier molecular flexibility index (Phi) is 6.32. The van der Waals surface area contributed by atoms with E-state index in [2.05, 4.69) is 9.97 Å². The average molecular weight is 420 g/mol. The predicted molar refractivity (Wildman–Crippen MR) is 106 cm³/mol. The van der Waals surface area contributed by atoms with Gasteiger partial charge in [0.25, 0.3) is 0 Å². The van der Waals surface area contributed by atoms with Crippen LogP contribution in [-0.2, 0) is 11.9 Å². The van der Waals surface area contributed by atoms with Crippen molar-refractivity contribution >= 4 is 11.8 Å². The van der Waals surface area contributed by atoms with E-state index < -0.39 is 11.7 Å². The third-order valence-electron chi connectivity index (χ3n) is 3.97. The third kappa shape index (κ3) is 5.63. The summed E-state index contributed by atoms with van der Waals surface area (Å²) in [6, 6.07) is 12.5. The fraction of sp³-hybridized carbons (Fsp3) is 0.238. The molecule has 0 spiro atoms. The number of rotatable bonds is 6. The monoisotopic (exact) mass is 420 g/mol. The van der Waals surface area contributed by atoms with Crippen molar-refractivity contribution in [2.75, 3.05) is 7.11 Å². The van der Waals surface area contributed by atoms with Crippen LogP contribution in [0.4, 0.5) is 13.2 Å². The molecule has 0 N–H and O–H groups in total. The second-order valence-corrected chi connectivity index (χ2v) is 7.32. The van der Waals surface area contributed by atoms with Crippen molar-refractivity contribution in [3.63, 3.8) is 0 Å². The molecule has 8 heteroatoms. The summed E-state index contributed by atoms with van der Waals surface area (Å²) in [5.74, 6) is 1.75. The summed E-state index contributed by atoms with van der Waals surface area (Å²) in [5, 5.41) is 0.420. The van der Waals surface area contributed by atoms with Crippen LogP contribution in [0.15, 0.2) is 53.7 Å². The van der Waals surface area contributed by atoms with Crippen molar-refractivity contribution in [1.82, 2.24) is 9.97 Å². The molecule has 152 valence electrons. The van der Waals surface area contributed by atoms with Crippen molar-refractivity contribution in [1.29, 1.82) is 0 Å². The van der Waals surface area contributed by atoms with Gasteiger partial charge >= 0.3 is 6.18 Å². The van der Waals surface area contributed by atoms with Crippen LogP contribution >= 0.6 is 11.8 Å². The van der Waals surface area contributed by atoms with Crippen molar-refractivity contribution in [3.8, 4) is 17.4 Å². The number of alkyl halides is 3. The highest BCUT2D eigenvalue weighted by atomic mass is 32.2. The van der Waals surface area contributed by atoms with E-state index in [0.717, 1.165) is 17.7 Å². The molecule has 0 saturated heterocycles. The SMILES string of the molecule is COc1cc(C)ccc1Oc1cc(C)nc(SCc2cccc(C(F)(F)F)c2)n1. The first-order chi connectivity index (χ1) is 13.7. The molecule has 0 aliphatic rings. The predicted octanol–water partition coefficient (Wildman–Crippen LogP) is 6.21. The maximum absolute atomic E-state index is 12.9. The van der Waals surface area contributed by atoms with Gasteiger partial charge in [-0.25, -0.2) is 4.98 Å². The minimum atomic E-state index is -4.37. The zero-order valence-electron chi connectivity index (χ0n) is 16.1. The van der Waals surface area contributed by atoms with Crippen molar-refractivity contribution < 1.29 is 22.6 Å². The normalized spacial score (nSPS) is 11.4. The van der Waals surface area contributed by atoms with Crippen LogP contribution in [0.1, 0.15) is 22.4 Å². The summed E-state index contributed by atoms with van der Waals surface area (Å²) in [6.07, 6.45) is -4.37. The van der Waals surface area contributed by atoms with E-state index in [1.807, 2.05) is 19.1 Å². The molecule has 0 atom stereocenters. The van der Waals surface area contributed by atoms with E-state index in [1.54, 1.807) is 32.2 Å². The van der Waals surface area contributed by atoms with E-state index in [1.165, 1.54) is 17.8 Å². The first-order valence-electron chi connectivity index (χ1n) is 8.72. The zero-order valence-corrected chi connectivity index (χ0v) is 16.9. The molecule has 0 unspecified atom stereocenters. The summed E-state index contributed by atoms with van der Waals surface area (Å²) < 4.78 is 49.8. The van der Waals surface area contributed by atoms with Gasteiger partial charge in [-0.05, 0) is 43.2 Å². The lowest BCUT2D eigenvalue weighted by Crippen LogP contribution is -2.05. The van der Waals surface area contributed by atoms with Gasteiger partial charge in [-0.15, -0.1) is 0 Å². The third-order valence-corrected chi connectivity index (χ3v) is 4.88. The Hall–Kier alpha value is -2.74. The maximum Gasteiger partial charge on any atom is 0.416 e. The van der Waals surface area contributed by atoms with Crippen molar-refractivity contribution in [2.45, 2.75) is 30.9 Å². The number of benzene rings is 2. The highest BCUT2D eigenvalue weighted by molar-refractivity contribution is 7.98. The number of aryl methyl sites for hydroxylation is 2. The summed E-state index contributed by atoms with van der Waals surface area (Å²) >= 11 is 1.24. The highest BCUT2D eigenvalue weighted by Gasteiger charge is 2.30. The van der Waals surface area contributed by atoms with Gasteiger partial charge in [0, 0.05) is 17.5 Å². The number of ether oxygens (including phenoxy) is 2. The van der Waals surface area contributed by atoms with Crippen LogP contribution in [0.3, 0.4) is 0 Å². The van der Waals surface area contributed by atoms with Gasteiger partial charge in [0.05, 0.1) is 12.7 Å². The Bertz CT molecular complexity index is 1010. The zero-order chi connectivity index (χ0) is 21.0. The fourth-order valence-electron chi connectivity index (χ4n) is 2.59. The number of methoxy groups -OCH3 is 1. The molecule has 0 radical (unpaired) electrons. The number of thioether (sulfide) groups is 1. The lowest BCUT2D eigenvalue weighted by molar-refractivity contribution is -0.137. The van der Waals surface area contributed by atoms with E-state index >= 15 is 0 Å². The molecule has 0 aliphatic heterocycles. The second kappa shape index (κ2) is 8.73. The van der Waals surface area contributed by atoms with Crippen molar-refractivity contribution in [3.05, 3.63) is 70.9 Å². The summed E-state index contributed by atoms with van der Waals surface area (Å²) in [5.41, 5.74) is 1.59. The molecule has 1 heterocycles. The van der Waals surface area contributed by atoms with Gasteiger partial charge in [-0.1, -0.05) is 36.0 Å². The van der Waals surface area contributed by atoms with Crippen LogP contribution in [0.5, 0.6) is 17.4 Å². The molecule has 2 aromatic carbocycles. The topological polar surface area (TPSA) is 44.2 Å². The number of halogens is 3. The number of hydrogen-bond donors (Lipinski definition) is 0. The lowest BCUT2D eigenvalue weighted by atomic mass is 10.1. The largest absolute Gasteiger partial charge is 0.493 e. The van der Waals surface area contributed by atoms with E-state index in [0.29, 0.717) is 39.5 Å². The smallest absolute Gasteiger partial charge is 0.416 e. The molecule has 3 aromatic rings. The molecule has 0 bridgehead atoms. The Morgan fingerprint density at radius 1 is 0.966 bits per heavy atom. The molecule has 3 rings (SSSR count). The van der Waals surface area contributed by atoms with Crippen LogP contribution < -0.4 is 9.47 Å². The van der Waals surface area contributed by atoms with Gasteiger partial charge in [-0.2, -0.15) is 18.2 Å². The summed E-state index contributed by atoms with van der Waals surface area (Å²) in [6.45, 7) is 3.75. The number of nitrogens with zero attached hydrogens (tertiary/aromatic N) is 2. The molecule has 0 saturated carbocycles. The molecule has 0 fully saturated rings. The van der Waals surface area contributed by atoms with Crippen LogP contribution in [-0.4, -0.2) is 17.1 Å². The Labute approximate surface area is 171 Å². The highest BCUT2D eigenvalue weighted by Crippen LogP contribution is 2.33. The average Bonchev–Trinajstić information content (AvgIpc) is 2.67. The standard InChI is InChI=1S/C21H19F3N2O2S/c1-13-7-8-17(18(9-13)27-3)28-19-10-14(2)25-20(26-19)29-12-15-5-4-6-16(11-15)21(22,23)24/h4-11H,12H2,1-3H3. The molecule has 1 aromatic heterocycles. The van der Waals surface area contributed by atoms with Crippen LogP contribution in [0, 0.1) is 13.8 Å². The minimum absolute atomic E-state index is 0.306. The Morgan fingerprint density at radius 2 is 1.76 bits per heavy atom. The molecule has 0 amide bonds. The molecular weight excluding hydrogens is 401 g/mol. The van der Waals surface area contributed by atoms with Gasteiger partial charge in [0.1, 0.15) is 0 Å². The fourth-order valence-corrected chi connectivity index (χ4v) is 3.43. The van der Waals surface area contributed by atoms with Gasteiger partial charge in [0.15, 0.2) is 16.7 Å². The maximum atomic E-state index is 12.9. The summed E-state index contributed by atoms with van der Waals surface area (Å²) in [7, 11) is 1.56. The van der Waals surface area contributed by atoms with Crippen LogP contribution in [0.25, 0.3) is 0 Å². The summed E-state index contributed by atoms with van der Waals surface area (Å²) in [4.78, 5) is 8.70. The Balaban J connectivity index is 1.76. The van der Waals surface area contributed by atoms with Crippen LogP contribution in [0.2, 0.25) is 0 Å². The molecular formula is C21H19F3N2O2S.